The average molecular weight is 254 g/mol. The molecule has 0 fully saturated rings. The van der Waals surface area contributed by atoms with Gasteiger partial charge in [-0.1, -0.05) is 18.3 Å². The summed E-state index contributed by atoms with van der Waals surface area (Å²) in [5.74, 6) is -0.752. The normalized spacial score (nSPS) is 11.1. The van der Waals surface area contributed by atoms with Crippen LogP contribution >= 0.6 is 12.2 Å². The quantitative estimate of drug-likeness (QED) is 0.814. The Bertz CT molecular complexity index is 472. The molecular formula is C12H15FN2OS. The zero-order valence-electron chi connectivity index (χ0n) is 10.0. The molecule has 0 bridgehead atoms. The molecule has 1 amide bonds. The summed E-state index contributed by atoms with van der Waals surface area (Å²) < 4.78 is 13.1. The number of nitrogens with one attached hydrogen (secondary N) is 1. The first-order valence-electron chi connectivity index (χ1n) is 5.12. The Morgan fingerprint density at radius 3 is 2.59 bits per heavy atom. The molecular weight excluding hydrogens is 239 g/mol. The number of thiocarbonyl (C=S) groups is 1. The van der Waals surface area contributed by atoms with E-state index in [1.165, 1.54) is 12.1 Å². The van der Waals surface area contributed by atoms with Crippen LogP contribution in [-0.2, 0) is 4.79 Å². The van der Waals surface area contributed by atoms with E-state index >= 15 is 0 Å². The van der Waals surface area contributed by atoms with Gasteiger partial charge in [-0.2, -0.15) is 0 Å². The summed E-state index contributed by atoms with van der Waals surface area (Å²) >= 11 is 4.83. The number of hydrogen-bond donors (Lipinski definition) is 2. The maximum Gasteiger partial charge on any atom is 0.236 e. The molecule has 0 spiro atoms. The fraction of sp³-hybridized carbons (Fsp3) is 0.333. The van der Waals surface area contributed by atoms with E-state index in [0.717, 1.165) is 5.56 Å². The van der Waals surface area contributed by atoms with Crippen molar-refractivity contribution in [2.45, 2.75) is 20.8 Å². The lowest BCUT2D eigenvalue weighted by Crippen LogP contribution is -2.41. The van der Waals surface area contributed by atoms with E-state index in [0.29, 0.717) is 5.69 Å². The Balaban J connectivity index is 2.96. The van der Waals surface area contributed by atoms with Gasteiger partial charge in [-0.05, 0) is 38.5 Å². The number of rotatable bonds is 3. The number of carbonyl (C=O) groups is 1. The summed E-state index contributed by atoms with van der Waals surface area (Å²) in [6.45, 7) is 5.03. The van der Waals surface area contributed by atoms with Gasteiger partial charge in [-0.15, -0.1) is 0 Å². The predicted molar refractivity (Wildman–Crippen MR) is 70.3 cm³/mol. The first-order chi connectivity index (χ1) is 7.75. The van der Waals surface area contributed by atoms with E-state index in [9.17, 15) is 9.18 Å². The summed E-state index contributed by atoms with van der Waals surface area (Å²) in [7, 11) is 0. The second-order valence-electron chi connectivity index (χ2n) is 4.40. The van der Waals surface area contributed by atoms with Crippen molar-refractivity contribution in [2.24, 2.45) is 11.1 Å². The number of nitrogens with two attached hydrogens (primary N) is 1. The Kier molecular flexibility index (Phi) is 3.83. The standard InChI is InChI=1S/C12H15FN2OS/c1-7-4-5-8(13)6-9(7)15-11(16)12(2,3)10(14)17/h4-6H,1-3H3,(H2,14,17)(H,15,16). The molecule has 0 saturated heterocycles. The van der Waals surface area contributed by atoms with Crippen LogP contribution in [0.4, 0.5) is 10.1 Å². The van der Waals surface area contributed by atoms with E-state index in [1.807, 2.05) is 0 Å². The highest BCUT2D eigenvalue weighted by atomic mass is 32.1. The molecule has 0 radical (unpaired) electrons. The largest absolute Gasteiger partial charge is 0.392 e. The highest BCUT2D eigenvalue weighted by molar-refractivity contribution is 7.80. The summed E-state index contributed by atoms with van der Waals surface area (Å²) in [6.07, 6.45) is 0. The Labute approximate surface area is 105 Å². The van der Waals surface area contributed by atoms with Crippen LogP contribution in [0.2, 0.25) is 0 Å². The van der Waals surface area contributed by atoms with Gasteiger partial charge in [0.1, 0.15) is 5.82 Å². The molecule has 0 atom stereocenters. The molecule has 92 valence electrons. The van der Waals surface area contributed by atoms with Gasteiger partial charge in [-0.3, -0.25) is 4.79 Å². The molecule has 17 heavy (non-hydrogen) atoms. The molecule has 0 aliphatic heterocycles. The van der Waals surface area contributed by atoms with Gasteiger partial charge < -0.3 is 11.1 Å². The maximum absolute atomic E-state index is 13.1. The molecule has 0 heterocycles. The van der Waals surface area contributed by atoms with Crippen molar-refractivity contribution in [3.8, 4) is 0 Å². The summed E-state index contributed by atoms with van der Waals surface area (Å²) in [4.78, 5) is 12.0. The molecule has 1 aromatic carbocycles. The van der Waals surface area contributed by atoms with Gasteiger partial charge >= 0.3 is 0 Å². The molecule has 1 rings (SSSR count). The number of carbonyl (C=O) groups excluding carboxylic acids is 1. The van der Waals surface area contributed by atoms with Crippen LogP contribution in [0.1, 0.15) is 19.4 Å². The fourth-order valence-corrected chi connectivity index (χ4v) is 1.21. The summed E-state index contributed by atoms with van der Waals surface area (Å²) in [5, 5.41) is 2.63. The van der Waals surface area contributed by atoms with Crippen LogP contribution in [0.5, 0.6) is 0 Å². The van der Waals surface area contributed by atoms with E-state index in [4.69, 9.17) is 18.0 Å². The lowest BCUT2D eigenvalue weighted by Gasteiger charge is -2.22. The maximum atomic E-state index is 13.1. The lowest BCUT2D eigenvalue weighted by molar-refractivity contribution is -0.121. The van der Waals surface area contributed by atoms with Crippen LogP contribution in [-0.4, -0.2) is 10.9 Å². The van der Waals surface area contributed by atoms with Crippen LogP contribution in [0.3, 0.4) is 0 Å². The number of benzene rings is 1. The molecule has 3 nitrogen and oxygen atoms in total. The van der Waals surface area contributed by atoms with Crippen molar-refractivity contribution in [3.05, 3.63) is 29.6 Å². The van der Waals surface area contributed by atoms with Gasteiger partial charge in [0.2, 0.25) is 5.91 Å². The zero-order valence-corrected chi connectivity index (χ0v) is 10.8. The van der Waals surface area contributed by atoms with Crippen molar-refractivity contribution >= 4 is 28.8 Å². The molecule has 0 aromatic heterocycles. The van der Waals surface area contributed by atoms with Crippen molar-refractivity contribution in [3.63, 3.8) is 0 Å². The lowest BCUT2D eigenvalue weighted by atomic mass is 9.92. The first kappa shape index (κ1) is 13.6. The van der Waals surface area contributed by atoms with Crippen LogP contribution in [0.25, 0.3) is 0 Å². The highest BCUT2D eigenvalue weighted by Gasteiger charge is 2.31. The molecule has 0 aliphatic rings. The molecule has 0 aliphatic carbocycles. The van der Waals surface area contributed by atoms with Crippen LogP contribution < -0.4 is 11.1 Å². The monoisotopic (exact) mass is 254 g/mol. The molecule has 0 saturated carbocycles. The van der Waals surface area contributed by atoms with Crippen LogP contribution in [0, 0.1) is 18.2 Å². The second kappa shape index (κ2) is 4.79. The third-order valence-corrected chi connectivity index (χ3v) is 3.14. The number of anilines is 1. The van der Waals surface area contributed by atoms with E-state index in [2.05, 4.69) is 5.32 Å². The minimum atomic E-state index is -0.964. The number of hydrogen-bond acceptors (Lipinski definition) is 2. The number of halogens is 1. The van der Waals surface area contributed by atoms with E-state index < -0.39 is 11.2 Å². The molecule has 5 heteroatoms. The van der Waals surface area contributed by atoms with Crippen molar-refractivity contribution in [2.75, 3.05) is 5.32 Å². The summed E-state index contributed by atoms with van der Waals surface area (Å²) in [5.41, 5.74) is 5.73. The highest BCUT2D eigenvalue weighted by Crippen LogP contribution is 2.21. The van der Waals surface area contributed by atoms with Gasteiger partial charge in [0.05, 0.1) is 10.4 Å². The topological polar surface area (TPSA) is 55.1 Å². The Morgan fingerprint density at radius 2 is 2.06 bits per heavy atom. The van der Waals surface area contributed by atoms with Gasteiger partial charge in [0, 0.05) is 5.69 Å². The predicted octanol–water partition coefficient (Wildman–Crippen LogP) is 2.38. The average Bonchev–Trinajstić information content (AvgIpc) is 2.23. The molecule has 1 aromatic rings. The first-order valence-corrected chi connectivity index (χ1v) is 5.53. The zero-order chi connectivity index (χ0) is 13.2. The van der Waals surface area contributed by atoms with Crippen molar-refractivity contribution in [1.29, 1.82) is 0 Å². The smallest absolute Gasteiger partial charge is 0.236 e. The van der Waals surface area contributed by atoms with Crippen molar-refractivity contribution in [1.82, 2.24) is 0 Å². The molecule has 3 N–H and O–H groups in total. The third kappa shape index (κ3) is 3.00. The third-order valence-electron chi connectivity index (χ3n) is 2.63. The number of aryl methyl sites for hydroxylation is 1. The van der Waals surface area contributed by atoms with E-state index in [-0.39, 0.29) is 10.9 Å². The Hall–Kier alpha value is -1.49. The van der Waals surface area contributed by atoms with Gasteiger partial charge in [0.25, 0.3) is 0 Å². The number of amides is 1. The fourth-order valence-electron chi connectivity index (χ4n) is 1.12. The van der Waals surface area contributed by atoms with Crippen molar-refractivity contribution < 1.29 is 9.18 Å². The van der Waals surface area contributed by atoms with Crippen LogP contribution in [0.15, 0.2) is 18.2 Å². The minimum Gasteiger partial charge on any atom is -0.392 e. The van der Waals surface area contributed by atoms with E-state index in [1.54, 1.807) is 26.8 Å². The van der Waals surface area contributed by atoms with Gasteiger partial charge in [0.15, 0.2) is 0 Å². The van der Waals surface area contributed by atoms with Gasteiger partial charge in [-0.25, -0.2) is 4.39 Å². The minimum absolute atomic E-state index is 0.101. The SMILES string of the molecule is Cc1ccc(F)cc1NC(=O)C(C)(C)C(N)=S. The second-order valence-corrected chi connectivity index (χ2v) is 4.84. The summed E-state index contributed by atoms with van der Waals surface area (Å²) in [6, 6.07) is 4.20. The Morgan fingerprint density at radius 1 is 1.47 bits per heavy atom. The molecule has 0 unspecified atom stereocenters.